The lowest BCUT2D eigenvalue weighted by Crippen LogP contribution is -2.41. The van der Waals surface area contributed by atoms with E-state index in [0.717, 1.165) is 25.7 Å². The Bertz CT molecular complexity index is 538. The molecular weight excluding hydrogens is 334 g/mol. The number of aliphatic imine (C=N–C) groups is 1. The van der Waals surface area contributed by atoms with Gasteiger partial charge in [0.25, 0.3) is 5.91 Å². The van der Waals surface area contributed by atoms with Gasteiger partial charge in [0.15, 0.2) is 0 Å². The molecular formula is C23H39N3O. The summed E-state index contributed by atoms with van der Waals surface area (Å²) in [5, 5.41) is 7.15. The second-order valence-corrected chi connectivity index (χ2v) is 8.73. The number of carbonyl (C=O) groups is 1. The summed E-state index contributed by atoms with van der Waals surface area (Å²) in [7, 11) is 1.78. The van der Waals surface area contributed by atoms with Crippen molar-refractivity contribution in [3.8, 4) is 0 Å². The van der Waals surface area contributed by atoms with Crippen molar-refractivity contribution in [2.24, 2.45) is 4.99 Å². The van der Waals surface area contributed by atoms with Gasteiger partial charge in [0.2, 0.25) is 0 Å². The zero-order chi connectivity index (χ0) is 18.9. The Morgan fingerprint density at radius 3 is 2.00 bits per heavy atom. The molecule has 1 amide bonds. The number of allylic oxidation sites excluding steroid dienone is 1. The van der Waals surface area contributed by atoms with Crippen LogP contribution in [0.15, 0.2) is 16.3 Å². The van der Waals surface area contributed by atoms with Crippen molar-refractivity contribution in [2.75, 3.05) is 7.05 Å². The summed E-state index contributed by atoms with van der Waals surface area (Å²) < 4.78 is 0. The summed E-state index contributed by atoms with van der Waals surface area (Å²) in [6.45, 7) is 0. The van der Waals surface area contributed by atoms with Crippen LogP contribution in [-0.4, -0.2) is 30.8 Å². The van der Waals surface area contributed by atoms with E-state index in [-0.39, 0.29) is 5.91 Å². The van der Waals surface area contributed by atoms with E-state index in [0.29, 0.717) is 17.8 Å². The smallest absolute Gasteiger partial charge is 0.269 e. The highest BCUT2D eigenvalue weighted by atomic mass is 16.2. The van der Waals surface area contributed by atoms with Crippen molar-refractivity contribution in [2.45, 2.75) is 115 Å². The van der Waals surface area contributed by atoms with E-state index in [4.69, 9.17) is 0 Å². The Hall–Kier alpha value is -1.32. The summed E-state index contributed by atoms with van der Waals surface area (Å²) in [6.07, 6.45) is 19.7. The van der Waals surface area contributed by atoms with Gasteiger partial charge in [-0.25, -0.2) is 0 Å². The van der Waals surface area contributed by atoms with Crippen LogP contribution < -0.4 is 10.6 Å². The predicted molar refractivity (Wildman–Crippen MR) is 113 cm³/mol. The fourth-order valence-corrected chi connectivity index (χ4v) is 5.05. The van der Waals surface area contributed by atoms with Gasteiger partial charge in [-0.15, -0.1) is 0 Å². The van der Waals surface area contributed by atoms with Crippen molar-refractivity contribution >= 4 is 11.6 Å². The first kappa shape index (κ1) is 20.4. The molecule has 0 bridgehead atoms. The molecule has 0 heterocycles. The summed E-state index contributed by atoms with van der Waals surface area (Å²) in [5.41, 5.74) is 3.19. The molecule has 0 spiro atoms. The Kier molecular flexibility index (Phi) is 8.22. The van der Waals surface area contributed by atoms with E-state index in [9.17, 15) is 4.79 Å². The summed E-state index contributed by atoms with van der Waals surface area (Å²) in [4.78, 5) is 17.5. The molecule has 2 N–H and O–H groups in total. The van der Waals surface area contributed by atoms with Crippen LogP contribution in [-0.2, 0) is 4.79 Å². The molecule has 4 heteroatoms. The van der Waals surface area contributed by atoms with Gasteiger partial charge in [-0.2, -0.15) is 0 Å². The second-order valence-electron chi connectivity index (χ2n) is 8.73. The van der Waals surface area contributed by atoms with Crippen LogP contribution in [0.3, 0.4) is 0 Å². The van der Waals surface area contributed by atoms with E-state index in [2.05, 4.69) is 15.6 Å². The van der Waals surface area contributed by atoms with Crippen LogP contribution in [0.5, 0.6) is 0 Å². The molecule has 0 unspecified atom stereocenters. The van der Waals surface area contributed by atoms with Crippen LogP contribution >= 0.6 is 0 Å². The monoisotopic (exact) mass is 373 g/mol. The average Bonchev–Trinajstić information content (AvgIpc) is 2.66. The maximum absolute atomic E-state index is 13.1. The number of rotatable bonds is 5. The maximum Gasteiger partial charge on any atom is 0.269 e. The van der Waals surface area contributed by atoms with Crippen LogP contribution in [0.2, 0.25) is 0 Å². The number of hydrogen-bond acceptors (Lipinski definition) is 3. The number of nitrogens with one attached hydrogen (secondary N) is 2. The normalized spacial score (nSPS) is 24.3. The second kappa shape index (κ2) is 10.9. The minimum Gasteiger partial charge on any atom is -0.385 e. The SMILES string of the molecule is C/N=C(/C(=O)NC1CCCCCCC1)C1=C(NC2CCCCC2)CCCC1. The van der Waals surface area contributed by atoms with Crippen molar-refractivity contribution in [3.05, 3.63) is 11.3 Å². The third-order valence-electron chi connectivity index (χ3n) is 6.62. The van der Waals surface area contributed by atoms with E-state index in [1.807, 2.05) is 0 Å². The molecule has 4 nitrogen and oxygen atoms in total. The lowest BCUT2D eigenvalue weighted by molar-refractivity contribution is -0.115. The highest BCUT2D eigenvalue weighted by Crippen LogP contribution is 2.27. The molecule has 3 aliphatic rings. The highest BCUT2D eigenvalue weighted by molar-refractivity contribution is 6.45. The summed E-state index contributed by atoms with van der Waals surface area (Å²) >= 11 is 0. The first-order valence-corrected chi connectivity index (χ1v) is 11.5. The van der Waals surface area contributed by atoms with Crippen LogP contribution in [0.25, 0.3) is 0 Å². The van der Waals surface area contributed by atoms with Crippen LogP contribution in [0.4, 0.5) is 0 Å². The van der Waals surface area contributed by atoms with E-state index in [1.54, 1.807) is 7.05 Å². The maximum atomic E-state index is 13.1. The van der Waals surface area contributed by atoms with Crippen LogP contribution in [0.1, 0.15) is 103 Å². The van der Waals surface area contributed by atoms with Crippen molar-refractivity contribution < 1.29 is 4.79 Å². The molecule has 0 atom stereocenters. The standard InChI is InChI=1S/C23H39N3O/c1-24-22(23(27)26-19-14-6-3-2-4-7-15-19)20-16-10-11-17-21(20)25-18-12-8-5-9-13-18/h18-19,25H,2-17H2,1H3,(H,26,27)/b24-22+. The molecule has 0 radical (unpaired) electrons. The van der Waals surface area contributed by atoms with Gasteiger partial charge < -0.3 is 10.6 Å². The molecule has 3 rings (SSSR count). The number of amides is 1. The number of hydrogen-bond donors (Lipinski definition) is 2. The first-order chi connectivity index (χ1) is 13.3. The Morgan fingerprint density at radius 1 is 0.778 bits per heavy atom. The molecule has 3 aliphatic carbocycles. The molecule has 0 aliphatic heterocycles. The largest absolute Gasteiger partial charge is 0.385 e. The minimum absolute atomic E-state index is 0.0583. The third kappa shape index (κ3) is 6.08. The predicted octanol–water partition coefficient (Wildman–Crippen LogP) is 5.04. The topological polar surface area (TPSA) is 53.5 Å². The first-order valence-electron chi connectivity index (χ1n) is 11.5. The van der Waals surface area contributed by atoms with Gasteiger partial charge in [-0.3, -0.25) is 9.79 Å². The molecule has 152 valence electrons. The highest BCUT2D eigenvalue weighted by Gasteiger charge is 2.26. The third-order valence-corrected chi connectivity index (χ3v) is 6.62. The van der Waals surface area contributed by atoms with Gasteiger partial charge >= 0.3 is 0 Å². The molecule has 0 aromatic heterocycles. The minimum atomic E-state index is 0.0583. The molecule has 0 aromatic rings. The Balaban J connectivity index is 1.67. The van der Waals surface area contributed by atoms with E-state index in [1.165, 1.54) is 88.3 Å². The van der Waals surface area contributed by atoms with Gasteiger partial charge in [-0.05, 0) is 51.4 Å². The zero-order valence-electron chi connectivity index (χ0n) is 17.3. The van der Waals surface area contributed by atoms with Gasteiger partial charge in [0.1, 0.15) is 5.71 Å². The van der Waals surface area contributed by atoms with E-state index >= 15 is 0 Å². The Morgan fingerprint density at radius 2 is 1.33 bits per heavy atom. The van der Waals surface area contributed by atoms with Gasteiger partial charge in [0.05, 0.1) is 0 Å². The lowest BCUT2D eigenvalue weighted by Gasteiger charge is -2.30. The average molecular weight is 374 g/mol. The van der Waals surface area contributed by atoms with Crippen molar-refractivity contribution in [1.29, 1.82) is 0 Å². The quantitative estimate of drug-likeness (QED) is 0.664. The number of carbonyl (C=O) groups excluding carboxylic acids is 1. The molecule has 0 aromatic carbocycles. The Labute approximate surface area is 165 Å². The fourth-order valence-electron chi connectivity index (χ4n) is 5.05. The van der Waals surface area contributed by atoms with Crippen molar-refractivity contribution in [3.63, 3.8) is 0 Å². The zero-order valence-corrected chi connectivity index (χ0v) is 17.3. The molecule has 2 fully saturated rings. The van der Waals surface area contributed by atoms with Crippen molar-refractivity contribution in [1.82, 2.24) is 10.6 Å². The number of nitrogens with zero attached hydrogens (tertiary/aromatic N) is 1. The van der Waals surface area contributed by atoms with Gasteiger partial charge in [-0.1, -0.05) is 51.4 Å². The lowest BCUT2D eigenvalue weighted by atomic mass is 9.89. The summed E-state index contributed by atoms with van der Waals surface area (Å²) in [6, 6.07) is 0.919. The van der Waals surface area contributed by atoms with Crippen LogP contribution in [0, 0.1) is 0 Å². The molecule has 0 saturated heterocycles. The molecule has 2 saturated carbocycles. The van der Waals surface area contributed by atoms with Gasteiger partial charge in [0, 0.05) is 30.4 Å². The molecule has 27 heavy (non-hydrogen) atoms. The van der Waals surface area contributed by atoms with E-state index < -0.39 is 0 Å². The summed E-state index contributed by atoms with van der Waals surface area (Å²) in [5.74, 6) is 0.0583. The fraction of sp³-hybridized carbons (Fsp3) is 0.826.